The summed E-state index contributed by atoms with van der Waals surface area (Å²) in [6.45, 7) is 3.15. The minimum absolute atomic E-state index is 0.1000. The number of hydrogen-bond acceptors (Lipinski definition) is 3. The lowest BCUT2D eigenvalue weighted by Crippen LogP contribution is -2.32. The van der Waals surface area contributed by atoms with E-state index in [0.29, 0.717) is 6.04 Å². The lowest BCUT2D eigenvalue weighted by molar-refractivity contribution is 0.612. The molecule has 0 spiro atoms. The molecule has 2 heterocycles. The first kappa shape index (κ1) is 14.2. The lowest BCUT2D eigenvalue weighted by Gasteiger charge is -2.24. The van der Waals surface area contributed by atoms with Gasteiger partial charge in [0.2, 0.25) is 0 Å². The molecule has 0 amide bonds. The van der Waals surface area contributed by atoms with Crippen molar-refractivity contribution in [2.75, 3.05) is 24.5 Å². The first-order chi connectivity index (χ1) is 11.3. The van der Waals surface area contributed by atoms with Crippen LogP contribution in [0.15, 0.2) is 36.4 Å². The van der Waals surface area contributed by atoms with Crippen LogP contribution in [0.5, 0.6) is 0 Å². The number of anilines is 1. The fourth-order valence-corrected chi connectivity index (χ4v) is 3.71. The molecule has 2 aromatic rings. The Kier molecular flexibility index (Phi) is 3.51. The van der Waals surface area contributed by atoms with E-state index in [1.54, 1.807) is 12.1 Å². The molecule has 2 aliphatic rings. The van der Waals surface area contributed by atoms with E-state index in [0.717, 1.165) is 37.2 Å². The lowest BCUT2D eigenvalue weighted by atomic mass is 9.99. The van der Waals surface area contributed by atoms with Crippen LogP contribution in [0.4, 0.5) is 10.1 Å². The molecule has 1 unspecified atom stereocenters. The molecule has 0 aromatic heterocycles. The third-order valence-corrected chi connectivity index (χ3v) is 4.89. The van der Waals surface area contributed by atoms with Crippen molar-refractivity contribution in [2.24, 2.45) is 0 Å². The second kappa shape index (κ2) is 5.68. The van der Waals surface area contributed by atoms with Gasteiger partial charge in [-0.15, -0.1) is 0 Å². The van der Waals surface area contributed by atoms with Crippen molar-refractivity contribution in [1.82, 2.24) is 5.32 Å². The Labute approximate surface area is 135 Å². The van der Waals surface area contributed by atoms with Crippen LogP contribution in [-0.4, -0.2) is 25.7 Å². The van der Waals surface area contributed by atoms with Gasteiger partial charge in [0.05, 0.1) is 5.56 Å². The zero-order valence-electron chi connectivity index (χ0n) is 12.8. The highest BCUT2D eigenvalue weighted by Crippen LogP contribution is 2.36. The summed E-state index contributed by atoms with van der Waals surface area (Å²) in [5, 5.41) is 12.5. The smallest absolute Gasteiger partial charge is 0.140 e. The Morgan fingerprint density at radius 1 is 1.13 bits per heavy atom. The zero-order chi connectivity index (χ0) is 15.8. The summed E-state index contributed by atoms with van der Waals surface area (Å²) in [6.07, 6.45) is 2.23. The summed E-state index contributed by atoms with van der Waals surface area (Å²) in [5.41, 5.74) is 4.73. The van der Waals surface area contributed by atoms with Crippen molar-refractivity contribution in [3.63, 3.8) is 0 Å². The maximum absolute atomic E-state index is 13.5. The van der Waals surface area contributed by atoms with Gasteiger partial charge >= 0.3 is 0 Å². The molecule has 0 bridgehead atoms. The molecule has 4 heteroatoms. The number of benzene rings is 2. The molecule has 1 fully saturated rings. The maximum Gasteiger partial charge on any atom is 0.140 e. The van der Waals surface area contributed by atoms with Crippen LogP contribution >= 0.6 is 0 Å². The van der Waals surface area contributed by atoms with Crippen LogP contribution in [0.1, 0.15) is 17.5 Å². The van der Waals surface area contributed by atoms with Crippen LogP contribution in [0, 0.1) is 17.1 Å². The predicted molar refractivity (Wildman–Crippen MR) is 88.9 cm³/mol. The van der Waals surface area contributed by atoms with E-state index in [1.807, 2.05) is 6.07 Å². The summed E-state index contributed by atoms with van der Waals surface area (Å²) in [4.78, 5) is 2.50. The maximum atomic E-state index is 13.5. The van der Waals surface area contributed by atoms with Crippen LogP contribution in [-0.2, 0) is 6.42 Å². The van der Waals surface area contributed by atoms with E-state index < -0.39 is 5.82 Å². The van der Waals surface area contributed by atoms with Gasteiger partial charge in [-0.05, 0) is 60.3 Å². The van der Waals surface area contributed by atoms with Gasteiger partial charge in [0.15, 0.2) is 0 Å². The number of halogens is 1. The van der Waals surface area contributed by atoms with Gasteiger partial charge in [-0.2, -0.15) is 5.26 Å². The van der Waals surface area contributed by atoms with Crippen molar-refractivity contribution >= 4 is 5.69 Å². The molecule has 1 atom stereocenters. The van der Waals surface area contributed by atoms with Crippen molar-refractivity contribution in [3.8, 4) is 17.2 Å². The predicted octanol–water partition coefficient (Wildman–Crippen LogP) is 3.09. The average molecular weight is 307 g/mol. The Morgan fingerprint density at radius 2 is 1.96 bits per heavy atom. The van der Waals surface area contributed by atoms with Crippen molar-refractivity contribution in [3.05, 3.63) is 53.3 Å². The van der Waals surface area contributed by atoms with E-state index in [4.69, 9.17) is 5.26 Å². The third kappa shape index (κ3) is 2.47. The minimum Gasteiger partial charge on any atom is -0.367 e. The molecular weight excluding hydrogens is 289 g/mol. The highest BCUT2D eigenvalue weighted by atomic mass is 19.1. The molecule has 1 N–H and O–H groups in total. The number of nitrogens with one attached hydrogen (secondary N) is 1. The van der Waals surface area contributed by atoms with Gasteiger partial charge < -0.3 is 10.2 Å². The molecular formula is C19H18FN3. The Morgan fingerprint density at radius 3 is 2.83 bits per heavy atom. The Hall–Kier alpha value is -2.38. The number of nitriles is 1. The molecule has 0 aliphatic carbocycles. The van der Waals surface area contributed by atoms with Crippen LogP contribution in [0.2, 0.25) is 0 Å². The number of hydrogen-bond donors (Lipinski definition) is 1. The van der Waals surface area contributed by atoms with Crippen molar-refractivity contribution in [2.45, 2.75) is 18.9 Å². The van der Waals surface area contributed by atoms with Gasteiger partial charge in [0, 0.05) is 24.8 Å². The van der Waals surface area contributed by atoms with Gasteiger partial charge in [-0.25, -0.2) is 4.39 Å². The summed E-state index contributed by atoms with van der Waals surface area (Å²) in [6, 6.07) is 13.7. The van der Waals surface area contributed by atoms with Crippen molar-refractivity contribution < 1.29 is 4.39 Å². The van der Waals surface area contributed by atoms with E-state index >= 15 is 0 Å². The second-order valence-electron chi connectivity index (χ2n) is 6.24. The average Bonchev–Trinajstić information content (AvgIpc) is 2.75. The quantitative estimate of drug-likeness (QED) is 0.880. The van der Waals surface area contributed by atoms with E-state index in [9.17, 15) is 4.39 Å². The molecule has 0 radical (unpaired) electrons. The highest BCUT2D eigenvalue weighted by molar-refractivity contribution is 5.72. The molecule has 116 valence electrons. The van der Waals surface area contributed by atoms with Gasteiger partial charge in [-0.3, -0.25) is 0 Å². The normalized spacial score (nSPS) is 19.7. The monoisotopic (exact) mass is 307 g/mol. The molecule has 2 aromatic carbocycles. The molecule has 23 heavy (non-hydrogen) atoms. The van der Waals surface area contributed by atoms with E-state index in [2.05, 4.69) is 28.4 Å². The SMILES string of the molecule is N#Cc1cc(-c2ccc3c(c2)CC2CCNCCN32)ccc1F. The standard InChI is InChI=1S/C19H18FN3/c20-18-3-1-13(10-16(18)12-21)14-2-4-19-15(9-14)11-17-5-6-22-7-8-23(17)19/h1-4,9-10,17,22H,5-8,11H2. The van der Waals surface area contributed by atoms with E-state index in [-0.39, 0.29) is 5.56 Å². The van der Waals surface area contributed by atoms with E-state index in [1.165, 1.54) is 23.7 Å². The van der Waals surface area contributed by atoms with Gasteiger partial charge in [0.1, 0.15) is 11.9 Å². The number of nitrogens with zero attached hydrogens (tertiary/aromatic N) is 2. The van der Waals surface area contributed by atoms with Crippen LogP contribution < -0.4 is 10.2 Å². The molecule has 0 saturated carbocycles. The fraction of sp³-hybridized carbons (Fsp3) is 0.316. The topological polar surface area (TPSA) is 39.1 Å². The van der Waals surface area contributed by atoms with Crippen LogP contribution in [0.25, 0.3) is 11.1 Å². The van der Waals surface area contributed by atoms with Gasteiger partial charge in [-0.1, -0.05) is 12.1 Å². The van der Waals surface area contributed by atoms with Crippen LogP contribution in [0.3, 0.4) is 0 Å². The molecule has 4 rings (SSSR count). The zero-order valence-corrected chi connectivity index (χ0v) is 12.8. The third-order valence-electron chi connectivity index (χ3n) is 4.89. The largest absolute Gasteiger partial charge is 0.367 e. The molecule has 1 saturated heterocycles. The fourth-order valence-electron chi connectivity index (χ4n) is 3.71. The number of fused-ring (bicyclic) bond motifs is 3. The first-order valence-corrected chi connectivity index (χ1v) is 8.06. The summed E-state index contributed by atoms with van der Waals surface area (Å²) in [7, 11) is 0. The van der Waals surface area contributed by atoms with Gasteiger partial charge in [0.25, 0.3) is 0 Å². The summed E-state index contributed by atoms with van der Waals surface area (Å²) in [5.74, 6) is -0.460. The Bertz CT molecular complexity index is 794. The summed E-state index contributed by atoms with van der Waals surface area (Å²) >= 11 is 0. The van der Waals surface area contributed by atoms with Crippen molar-refractivity contribution in [1.29, 1.82) is 5.26 Å². The first-order valence-electron chi connectivity index (χ1n) is 8.06. The minimum atomic E-state index is -0.460. The molecule has 3 nitrogen and oxygen atoms in total. The summed E-state index contributed by atoms with van der Waals surface area (Å²) < 4.78 is 13.5. The number of rotatable bonds is 1. The Balaban J connectivity index is 1.70. The molecule has 2 aliphatic heterocycles. The second-order valence-corrected chi connectivity index (χ2v) is 6.24. The highest BCUT2D eigenvalue weighted by Gasteiger charge is 2.30.